The van der Waals surface area contributed by atoms with Crippen molar-refractivity contribution in [2.24, 2.45) is 5.41 Å². The van der Waals surface area contributed by atoms with Crippen LogP contribution in [0.1, 0.15) is 62.9 Å². The quantitative estimate of drug-likeness (QED) is 0.250. The van der Waals surface area contributed by atoms with Crippen molar-refractivity contribution in [3.05, 3.63) is 58.2 Å². The molecule has 0 radical (unpaired) electrons. The number of carbonyl (C=O) groups is 3. The van der Waals surface area contributed by atoms with E-state index in [9.17, 15) is 19.5 Å². The minimum absolute atomic E-state index is 0.00915. The Morgan fingerprint density at radius 1 is 1.18 bits per heavy atom. The molecule has 2 saturated heterocycles. The third-order valence-corrected chi connectivity index (χ3v) is 11.9. The van der Waals surface area contributed by atoms with Crippen molar-refractivity contribution in [3.63, 3.8) is 0 Å². The normalized spacial score (nSPS) is 23.0. The lowest BCUT2D eigenvalue weighted by Crippen LogP contribution is -2.67. The summed E-state index contributed by atoms with van der Waals surface area (Å²) in [6, 6.07) is 9.04. The van der Waals surface area contributed by atoms with E-state index in [1.165, 1.54) is 16.3 Å². The molecular weight excluding hydrogens is 721 g/mol. The van der Waals surface area contributed by atoms with E-state index in [0.717, 1.165) is 57.8 Å². The zero-order chi connectivity index (χ0) is 39.1. The topological polar surface area (TPSA) is 154 Å². The number of hydrogen-bond donors (Lipinski definition) is 3. The van der Waals surface area contributed by atoms with Crippen LogP contribution in [0.25, 0.3) is 33.4 Å². The van der Waals surface area contributed by atoms with Gasteiger partial charge in [-0.05, 0) is 63.6 Å². The smallest absolute Gasteiger partial charge is 0.355 e. The number of esters is 1. The standard InChI is InChI=1S/C40H52N8O6S/c1-7-47-32-12-11-26-20-28(32)29(35(47)27-10-8-14-41-34(27)25(2)53-6)22-39(3,4)24-54-37(50)40(52)13-9-15-48(44-40)36(49)30(21-33-42-31(26)23-55-33)43-38(51)46-18-16-45(5)17-19-46/h8,10-12,14,20,23,25,30,44,52H,7,9,13,15-19,21-22,24H2,1-6H3,(H,43,51)/t25-,30-,40-/m0/s1. The number of carbonyl (C=O) groups excluding carboxylic acids is 3. The van der Waals surface area contributed by atoms with Gasteiger partial charge in [0.15, 0.2) is 0 Å². The van der Waals surface area contributed by atoms with Crippen molar-refractivity contribution in [3.8, 4) is 22.5 Å². The van der Waals surface area contributed by atoms with Gasteiger partial charge < -0.3 is 34.3 Å². The molecule has 7 rings (SSSR count). The van der Waals surface area contributed by atoms with Crippen LogP contribution in [0.15, 0.2) is 41.9 Å². The summed E-state index contributed by atoms with van der Waals surface area (Å²) < 4.78 is 14.0. The van der Waals surface area contributed by atoms with Gasteiger partial charge >= 0.3 is 12.0 Å². The van der Waals surface area contributed by atoms with Gasteiger partial charge in [-0.3, -0.25) is 14.8 Å². The second kappa shape index (κ2) is 15.6. The number of thiazole rings is 1. The van der Waals surface area contributed by atoms with Crippen LogP contribution in [0.3, 0.4) is 0 Å². The number of aromatic nitrogens is 3. The molecular formula is C40H52N8O6S. The molecule has 3 N–H and O–H groups in total. The molecule has 3 atom stereocenters. The van der Waals surface area contributed by atoms with Crippen molar-refractivity contribution in [2.45, 2.75) is 77.8 Å². The monoisotopic (exact) mass is 772 g/mol. The number of likely N-dealkylation sites (N-methyl/N-ethyl adjacent to an activating group) is 1. The molecule has 3 aromatic heterocycles. The number of methoxy groups -OCH3 is 1. The Morgan fingerprint density at radius 2 is 1.96 bits per heavy atom. The van der Waals surface area contributed by atoms with Crippen LogP contribution in [-0.2, 0) is 38.4 Å². The molecule has 6 bridgehead atoms. The maximum Gasteiger partial charge on any atom is 0.355 e. The maximum atomic E-state index is 14.2. The Balaban J connectivity index is 1.34. The number of piperazine rings is 1. The van der Waals surface area contributed by atoms with E-state index in [1.54, 1.807) is 18.2 Å². The maximum absolute atomic E-state index is 14.2. The fourth-order valence-electron chi connectivity index (χ4n) is 7.85. The van der Waals surface area contributed by atoms with E-state index < -0.39 is 29.1 Å². The minimum Gasteiger partial charge on any atom is -0.462 e. The van der Waals surface area contributed by atoms with Gasteiger partial charge in [-0.15, -0.1) is 11.3 Å². The number of pyridine rings is 1. The number of aliphatic hydroxyl groups is 1. The number of cyclic esters (lactones) is 1. The number of ether oxygens (including phenoxy) is 2. The number of benzene rings is 1. The Kier molecular flexibility index (Phi) is 11.0. The molecule has 0 saturated carbocycles. The van der Waals surface area contributed by atoms with Gasteiger partial charge in [0.1, 0.15) is 6.04 Å². The first-order valence-electron chi connectivity index (χ1n) is 19.1. The largest absolute Gasteiger partial charge is 0.462 e. The molecule has 14 nitrogen and oxygen atoms in total. The highest BCUT2D eigenvalue weighted by atomic mass is 32.1. The molecule has 6 heterocycles. The lowest BCUT2D eigenvalue weighted by Gasteiger charge is -2.40. The average molecular weight is 773 g/mol. The number of rotatable bonds is 5. The highest BCUT2D eigenvalue weighted by Crippen LogP contribution is 2.42. The zero-order valence-corrected chi connectivity index (χ0v) is 33.4. The lowest BCUT2D eigenvalue weighted by molar-refractivity contribution is -0.189. The molecule has 294 valence electrons. The predicted octanol–water partition coefficient (Wildman–Crippen LogP) is 4.36. The van der Waals surface area contributed by atoms with Crippen molar-refractivity contribution in [2.75, 3.05) is 53.5 Å². The molecule has 1 aromatic carbocycles. The molecule has 55 heavy (non-hydrogen) atoms. The summed E-state index contributed by atoms with van der Waals surface area (Å²) in [7, 11) is 3.69. The molecule has 3 aliphatic heterocycles. The summed E-state index contributed by atoms with van der Waals surface area (Å²) in [6.07, 6.45) is 2.60. The molecule has 2 fully saturated rings. The van der Waals surface area contributed by atoms with Gasteiger partial charge in [-0.2, -0.15) is 5.43 Å². The molecule has 3 aliphatic rings. The molecule has 0 unspecified atom stereocenters. The number of hydrazine groups is 1. The van der Waals surface area contributed by atoms with Crippen LogP contribution >= 0.6 is 11.3 Å². The zero-order valence-electron chi connectivity index (χ0n) is 32.6. The fourth-order valence-corrected chi connectivity index (χ4v) is 8.70. The number of nitrogens with one attached hydrogen (secondary N) is 2. The first-order valence-corrected chi connectivity index (χ1v) is 20.0. The Labute approximate surface area is 325 Å². The first-order chi connectivity index (χ1) is 26.3. The first kappa shape index (κ1) is 38.8. The Morgan fingerprint density at radius 3 is 2.71 bits per heavy atom. The number of amides is 3. The highest BCUT2D eigenvalue weighted by molar-refractivity contribution is 7.10. The Hall–Kier alpha value is -4.41. The third-order valence-electron chi connectivity index (χ3n) is 11.0. The summed E-state index contributed by atoms with van der Waals surface area (Å²) in [5.41, 5.74) is 6.70. The summed E-state index contributed by atoms with van der Waals surface area (Å²) in [4.78, 5) is 55.1. The van der Waals surface area contributed by atoms with Crippen LogP contribution in [0.4, 0.5) is 4.79 Å². The molecule has 15 heteroatoms. The van der Waals surface area contributed by atoms with Crippen LogP contribution < -0.4 is 10.7 Å². The number of urea groups is 1. The van der Waals surface area contributed by atoms with Gasteiger partial charge in [0.25, 0.3) is 5.91 Å². The van der Waals surface area contributed by atoms with E-state index in [0.29, 0.717) is 37.5 Å². The van der Waals surface area contributed by atoms with E-state index in [2.05, 4.69) is 51.4 Å². The number of nitrogens with zero attached hydrogens (tertiary/aromatic N) is 6. The van der Waals surface area contributed by atoms with E-state index >= 15 is 0 Å². The summed E-state index contributed by atoms with van der Waals surface area (Å²) in [6.45, 7) is 11.7. The van der Waals surface area contributed by atoms with Gasteiger partial charge in [-0.25, -0.2) is 14.6 Å². The number of hydrogen-bond acceptors (Lipinski definition) is 11. The van der Waals surface area contributed by atoms with Crippen molar-refractivity contribution in [1.29, 1.82) is 0 Å². The SMILES string of the molecule is CCn1c(-c2cccnc2[C@H](C)OC)c2c3cc(ccc31)-c1csc(n1)C[C@H](NC(=O)N1CCN(C)CC1)C(=O)N1CCC[C@@](O)(N1)C(=O)OCC(C)(C)C2. The van der Waals surface area contributed by atoms with Crippen LogP contribution in [-0.4, -0.2) is 118 Å². The second-order valence-corrected chi connectivity index (χ2v) is 16.7. The average Bonchev–Trinajstić information content (AvgIpc) is 3.77. The second-order valence-electron chi connectivity index (χ2n) is 15.7. The van der Waals surface area contributed by atoms with E-state index in [4.69, 9.17) is 19.4 Å². The van der Waals surface area contributed by atoms with Crippen LogP contribution in [0.5, 0.6) is 0 Å². The molecule has 3 amide bonds. The van der Waals surface area contributed by atoms with Crippen LogP contribution in [0.2, 0.25) is 0 Å². The molecule has 4 aromatic rings. The minimum atomic E-state index is -2.13. The van der Waals surface area contributed by atoms with E-state index in [1.807, 2.05) is 39.3 Å². The number of fused-ring (bicyclic) bond motifs is 6. The third kappa shape index (κ3) is 7.85. The van der Waals surface area contributed by atoms with Gasteiger partial charge in [-0.1, -0.05) is 19.9 Å². The lowest BCUT2D eigenvalue weighted by atomic mass is 9.84. The molecule has 0 aliphatic carbocycles. The Bertz CT molecular complexity index is 2070. The summed E-state index contributed by atoms with van der Waals surface area (Å²) in [5, 5.41) is 19.6. The van der Waals surface area contributed by atoms with Crippen molar-refractivity contribution in [1.82, 2.24) is 40.1 Å². The van der Waals surface area contributed by atoms with E-state index in [-0.39, 0.29) is 38.1 Å². The fraction of sp³-hybridized carbons (Fsp3) is 0.525. The van der Waals surface area contributed by atoms with Crippen LogP contribution in [0, 0.1) is 5.41 Å². The molecule has 0 spiro atoms. The summed E-state index contributed by atoms with van der Waals surface area (Å²) in [5.74, 6) is -1.33. The van der Waals surface area contributed by atoms with Gasteiger partial charge in [0, 0.05) is 98.2 Å². The number of aryl methyl sites for hydroxylation is 1. The highest BCUT2D eigenvalue weighted by Gasteiger charge is 2.45. The van der Waals surface area contributed by atoms with Gasteiger partial charge in [0.2, 0.25) is 5.72 Å². The van der Waals surface area contributed by atoms with Crippen molar-refractivity contribution < 1.29 is 29.0 Å². The summed E-state index contributed by atoms with van der Waals surface area (Å²) >= 11 is 1.43. The predicted molar refractivity (Wildman–Crippen MR) is 210 cm³/mol. The van der Waals surface area contributed by atoms with Gasteiger partial charge in [0.05, 0.1) is 34.8 Å². The van der Waals surface area contributed by atoms with Crippen molar-refractivity contribution >= 4 is 40.1 Å².